The second-order valence-corrected chi connectivity index (χ2v) is 6.69. The fraction of sp³-hybridized carbons (Fsp3) is 0.250. The first-order valence-corrected chi connectivity index (χ1v) is 9.07. The molecule has 3 rings (SSSR count). The standard InChI is InChI=1S/C16H16N4OS2/c1-11(19-15(21)5-4-13-8-22-10-18-13)16-20-14(9-23-16)12-3-2-6-17-7-12/h2-3,6-11H,4-5H2,1H3,(H,19,21)/t11-/m0/s1. The maximum absolute atomic E-state index is 12.0. The molecule has 3 aromatic rings. The minimum absolute atomic E-state index is 0.0172. The van der Waals surface area contributed by atoms with Crippen molar-refractivity contribution in [1.82, 2.24) is 20.3 Å². The number of hydrogen-bond donors (Lipinski definition) is 1. The summed E-state index contributed by atoms with van der Waals surface area (Å²) in [6, 6.07) is 3.76. The summed E-state index contributed by atoms with van der Waals surface area (Å²) in [7, 11) is 0. The van der Waals surface area contributed by atoms with E-state index >= 15 is 0 Å². The highest BCUT2D eigenvalue weighted by atomic mass is 32.1. The Labute approximate surface area is 142 Å². The number of nitrogens with zero attached hydrogens (tertiary/aromatic N) is 3. The molecule has 0 aliphatic carbocycles. The lowest BCUT2D eigenvalue weighted by molar-refractivity contribution is -0.121. The molecule has 1 amide bonds. The summed E-state index contributed by atoms with van der Waals surface area (Å²) < 4.78 is 0. The van der Waals surface area contributed by atoms with Crippen molar-refractivity contribution in [2.24, 2.45) is 0 Å². The molecule has 0 saturated heterocycles. The second kappa shape index (κ2) is 7.43. The van der Waals surface area contributed by atoms with E-state index in [4.69, 9.17) is 0 Å². The molecule has 0 saturated carbocycles. The lowest BCUT2D eigenvalue weighted by Crippen LogP contribution is -2.26. The Morgan fingerprint density at radius 2 is 2.30 bits per heavy atom. The van der Waals surface area contributed by atoms with Crippen molar-refractivity contribution < 1.29 is 4.79 Å². The SMILES string of the molecule is C[C@H](NC(=O)CCc1cscn1)c1nc(-c2cccnc2)cs1. The van der Waals surface area contributed by atoms with Gasteiger partial charge in [-0.1, -0.05) is 0 Å². The van der Waals surface area contributed by atoms with Gasteiger partial charge in [-0.3, -0.25) is 9.78 Å². The smallest absolute Gasteiger partial charge is 0.220 e. The number of pyridine rings is 1. The minimum atomic E-state index is -0.103. The zero-order valence-corrected chi connectivity index (χ0v) is 14.2. The first-order valence-electron chi connectivity index (χ1n) is 7.24. The summed E-state index contributed by atoms with van der Waals surface area (Å²) in [5.41, 5.74) is 4.62. The van der Waals surface area contributed by atoms with Crippen LogP contribution in [0.1, 0.15) is 30.1 Å². The second-order valence-electron chi connectivity index (χ2n) is 5.08. The maximum atomic E-state index is 12.0. The van der Waals surface area contributed by atoms with Crippen molar-refractivity contribution >= 4 is 28.6 Å². The Morgan fingerprint density at radius 1 is 1.39 bits per heavy atom. The largest absolute Gasteiger partial charge is 0.347 e. The number of carbonyl (C=O) groups excluding carboxylic acids is 1. The number of aryl methyl sites for hydroxylation is 1. The number of carbonyl (C=O) groups is 1. The third-order valence-electron chi connectivity index (χ3n) is 3.32. The number of aromatic nitrogens is 3. The Morgan fingerprint density at radius 3 is 3.04 bits per heavy atom. The zero-order chi connectivity index (χ0) is 16.1. The Bertz CT molecular complexity index is 756. The number of amides is 1. The summed E-state index contributed by atoms with van der Waals surface area (Å²) in [6.45, 7) is 1.95. The van der Waals surface area contributed by atoms with Crippen LogP contribution in [-0.4, -0.2) is 20.9 Å². The van der Waals surface area contributed by atoms with Crippen molar-refractivity contribution in [3.63, 3.8) is 0 Å². The van der Waals surface area contributed by atoms with Crippen LogP contribution in [0.15, 0.2) is 40.8 Å². The van der Waals surface area contributed by atoms with Gasteiger partial charge in [-0.2, -0.15) is 0 Å². The van der Waals surface area contributed by atoms with Crippen LogP contribution < -0.4 is 5.32 Å². The van der Waals surface area contributed by atoms with Gasteiger partial charge < -0.3 is 5.32 Å². The van der Waals surface area contributed by atoms with E-state index in [1.54, 1.807) is 40.6 Å². The molecule has 3 heterocycles. The van der Waals surface area contributed by atoms with Crippen molar-refractivity contribution in [2.75, 3.05) is 0 Å². The first-order chi connectivity index (χ1) is 11.2. The highest BCUT2D eigenvalue weighted by Crippen LogP contribution is 2.24. The maximum Gasteiger partial charge on any atom is 0.220 e. The normalized spacial score (nSPS) is 12.0. The van der Waals surface area contributed by atoms with E-state index in [9.17, 15) is 4.79 Å². The predicted molar refractivity (Wildman–Crippen MR) is 92.3 cm³/mol. The van der Waals surface area contributed by atoms with E-state index in [1.807, 2.05) is 29.8 Å². The summed E-state index contributed by atoms with van der Waals surface area (Å²) in [6.07, 6.45) is 4.63. The highest BCUT2D eigenvalue weighted by Gasteiger charge is 2.14. The van der Waals surface area contributed by atoms with Gasteiger partial charge in [-0.05, 0) is 25.5 Å². The molecular weight excluding hydrogens is 328 g/mol. The molecule has 23 heavy (non-hydrogen) atoms. The number of nitrogens with one attached hydrogen (secondary N) is 1. The van der Waals surface area contributed by atoms with Crippen molar-refractivity contribution in [3.8, 4) is 11.3 Å². The van der Waals surface area contributed by atoms with E-state index in [2.05, 4.69) is 20.3 Å². The van der Waals surface area contributed by atoms with E-state index < -0.39 is 0 Å². The van der Waals surface area contributed by atoms with Crippen LogP contribution in [0.5, 0.6) is 0 Å². The molecule has 5 nitrogen and oxygen atoms in total. The third kappa shape index (κ3) is 4.20. The highest BCUT2D eigenvalue weighted by molar-refractivity contribution is 7.10. The third-order valence-corrected chi connectivity index (χ3v) is 4.98. The van der Waals surface area contributed by atoms with E-state index in [0.717, 1.165) is 22.0 Å². The molecule has 0 bridgehead atoms. The predicted octanol–water partition coefficient (Wildman–Crippen LogP) is 3.47. The monoisotopic (exact) mass is 344 g/mol. The van der Waals surface area contributed by atoms with Crippen LogP contribution in [0.2, 0.25) is 0 Å². The average molecular weight is 344 g/mol. The van der Waals surface area contributed by atoms with Gasteiger partial charge in [0.25, 0.3) is 0 Å². The lowest BCUT2D eigenvalue weighted by Gasteiger charge is -2.10. The van der Waals surface area contributed by atoms with Crippen molar-refractivity contribution in [2.45, 2.75) is 25.8 Å². The molecule has 0 radical (unpaired) electrons. The molecular formula is C16H16N4OS2. The minimum Gasteiger partial charge on any atom is -0.347 e. The van der Waals surface area contributed by atoms with Crippen LogP contribution in [0, 0.1) is 0 Å². The van der Waals surface area contributed by atoms with Gasteiger partial charge in [0.1, 0.15) is 5.01 Å². The summed E-state index contributed by atoms with van der Waals surface area (Å²) >= 11 is 3.09. The van der Waals surface area contributed by atoms with Crippen LogP contribution in [0.25, 0.3) is 11.3 Å². The molecule has 3 aromatic heterocycles. The summed E-state index contributed by atoms with van der Waals surface area (Å²) in [5.74, 6) is 0.0172. The van der Waals surface area contributed by atoms with Crippen LogP contribution >= 0.6 is 22.7 Å². The fourth-order valence-corrected chi connectivity index (χ4v) is 3.54. The molecule has 0 unspecified atom stereocenters. The molecule has 0 aromatic carbocycles. The van der Waals surface area contributed by atoms with Crippen LogP contribution in [0.3, 0.4) is 0 Å². The molecule has 0 fully saturated rings. The van der Waals surface area contributed by atoms with Gasteiger partial charge >= 0.3 is 0 Å². The van der Waals surface area contributed by atoms with Crippen molar-refractivity contribution in [3.05, 3.63) is 51.5 Å². The van der Waals surface area contributed by atoms with Crippen molar-refractivity contribution in [1.29, 1.82) is 0 Å². The first kappa shape index (κ1) is 15.8. The van der Waals surface area contributed by atoms with Gasteiger partial charge in [0, 0.05) is 35.1 Å². The molecule has 7 heteroatoms. The molecule has 0 aliphatic rings. The van der Waals surface area contributed by atoms with Gasteiger partial charge in [-0.15, -0.1) is 22.7 Å². The quantitative estimate of drug-likeness (QED) is 0.743. The van der Waals surface area contributed by atoms with Crippen LogP contribution in [0.4, 0.5) is 0 Å². The Balaban J connectivity index is 1.57. The number of hydrogen-bond acceptors (Lipinski definition) is 6. The van der Waals surface area contributed by atoms with Gasteiger partial charge in [0.05, 0.1) is 22.9 Å². The topological polar surface area (TPSA) is 67.8 Å². The summed E-state index contributed by atoms with van der Waals surface area (Å²) in [5, 5.41) is 7.85. The number of thiazole rings is 2. The van der Waals surface area contributed by atoms with E-state index in [0.29, 0.717) is 12.8 Å². The van der Waals surface area contributed by atoms with Gasteiger partial charge in [0.15, 0.2) is 0 Å². The molecule has 0 spiro atoms. The van der Waals surface area contributed by atoms with E-state index in [1.165, 1.54) is 0 Å². The average Bonchev–Trinajstić information content (AvgIpc) is 3.25. The lowest BCUT2D eigenvalue weighted by atomic mass is 10.2. The Hall–Kier alpha value is -2.12. The molecule has 1 atom stereocenters. The zero-order valence-electron chi connectivity index (χ0n) is 12.6. The molecule has 118 valence electrons. The summed E-state index contributed by atoms with van der Waals surface area (Å²) in [4.78, 5) is 24.9. The van der Waals surface area contributed by atoms with Gasteiger partial charge in [0.2, 0.25) is 5.91 Å². The van der Waals surface area contributed by atoms with Crippen LogP contribution in [-0.2, 0) is 11.2 Å². The fourth-order valence-electron chi connectivity index (χ4n) is 2.11. The molecule has 0 aliphatic heterocycles. The molecule has 1 N–H and O–H groups in total. The Kier molecular flexibility index (Phi) is 5.09. The number of rotatable bonds is 6. The van der Waals surface area contributed by atoms with Gasteiger partial charge in [-0.25, -0.2) is 9.97 Å². The van der Waals surface area contributed by atoms with E-state index in [-0.39, 0.29) is 11.9 Å².